The third kappa shape index (κ3) is 4.59. The molecular weight excluding hydrogens is 502 g/mol. The van der Waals surface area contributed by atoms with Gasteiger partial charge in [0.25, 0.3) is 5.56 Å². The fraction of sp³-hybridized carbons (Fsp3) is 0.208. The van der Waals surface area contributed by atoms with E-state index in [0.29, 0.717) is 21.1 Å². The summed E-state index contributed by atoms with van der Waals surface area (Å²) in [5, 5.41) is 0.545. The van der Waals surface area contributed by atoms with Crippen LogP contribution in [-0.4, -0.2) is 30.9 Å². The van der Waals surface area contributed by atoms with Gasteiger partial charge in [0.1, 0.15) is 18.5 Å². The number of methoxy groups -OCH3 is 1. The van der Waals surface area contributed by atoms with Crippen LogP contribution < -0.4 is 14.9 Å². The van der Waals surface area contributed by atoms with Crippen molar-refractivity contribution in [1.82, 2.24) is 4.57 Å². The molecule has 1 atom stereocenters. The quantitative estimate of drug-likeness (QED) is 0.365. The van der Waals surface area contributed by atoms with E-state index in [1.165, 1.54) is 29.9 Å². The highest BCUT2D eigenvalue weighted by atomic mass is 35.5. The molecule has 0 spiro atoms. The van der Waals surface area contributed by atoms with Gasteiger partial charge in [-0.15, -0.1) is 0 Å². The van der Waals surface area contributed by atoms with Crippen LogP contribution in [0.2, 0.25) is 10.0 Å². The summed E-state index contributed by atoms with van der Waals surface area (Å²) in [6.07, 6.45) is 1.39. The number of thiazole rings is 1. The second kappa shape index (κ2) is 10.2. The Labute approximate surface area is 208 Å². The molecule has 176 valence electrons. The molecule has 4 rings (SSSR count). The fourth-order valence-electron chi connectivity index (χ4n) is 3.65. The predicted octanol–water partition coefficient (Wildman–Crippen LogP) is 3.87. The normalized spacial score (nSPS) is 15.8. The predicted molar refractivity (Wildman–Crippen MR) is 129 cm³/mol. The van der Waals surface area contributed by atoms with Crippen molar-refractivity contribution in [1.29, 1.82) is 0 Å². The topological polar surface area (TPSA) is 69.9 Å². The van der Waals surface area contributed by atoms with Gasteiger partial charge in [0.2, 0.25) is 0 Å². The van der Waals surface area contributed by atoms with Gasteiger partial charge < -0.3 is 9.47 Å². The Kier molecular flexibility index (Phi) is 7.33. The smallest absolute Gasteiger partial charge is 0.338 e. The third-order valence-corrected chi connectivity index (χ3v) is 6.89. The van der Waals surface area contributed by atoms with E-state index in [9.17, 15) is 14.0 Å². The second-order valence-electron chi connectivity index (χ2n) is 7.37. The minimum absolute atomic E-state index is 0.0392. The second-order valence-corrected chi connectivity index (χ2v) is 9.19. The van der Waals surface area contributed by atoms with Crippen LogP contribution in [0.5, 0.6) is 0 Å². The van der Waals surface area contributed by atoms with E-state index in [0.717, 1.165) is 11.3 Å². The molecule has 1 aliphatic rings. The van der Waals surface area contributed by atoms with E-state index in [2.05, 4.69) is 4.99 Å². The van der Waals surface area contributed by atoms with E-state index in [4.69, 9.17) is 32.7 Å². The van der Waals surface area contributed by atoms with Gasteiger partial charge in [-0.1, -0.05) is 58.8 Å². The Hall–Kier alpha value is -2.78. The maximum absolute atomic E-state index is 14.4. The molecule has 1 aromatic heterocycles. The fourth-order valence-corrected chi connectivity index (χ4v) is 5.13. The van der Waals surface area contributed by atoms with Gasteiger partial charge in [0.05, 0.1) is 27.4 Å². The number of esters is 1. The summed E-state index contributed by atoms with van der Waals surface area (Å²) in [5.41, 5.74) is 0.756. The Bertz CT molecular complexity index is 1460. The summed E-state index contributed by atoms with van der Waals surface area (Å²) in [6.45, 7) is 1.93. The number of rotatable bonds is 6. The van der Waals surface area contributed by atoms with Gasteiger partial charge in [0.15, 0.2) is 4.80 Å². The molecule has 2 heterocycles. The zero-order chi connectivity index (χ0) is 24.4. The van der Waals surface area contributed by atoms with Crippen LogP contribution in [0.1, 0.15) is 24.1 Å². The lowest BCUT2D eigenvalue weighted by atomic mass is 9.96. The van der Waals surface area contributed by atoms with Gasteiger partial charge in [-0.2, -0.15) is 0 Å². The summed E-state index contributed by atoms with van der Waals surface area (Å²) in [7, 11) is 1.50. The molecule has 0 bridgehead atoms. The molecule has 10 heteroatoms. The van der Waals surface area contributed by atoms with Crippen LogP contribution in [0.15, 0.2) is 63.5 Å². The Morgan fingerprint density at radius 2 is 1.91 bits per heavy atom. The highest BCUT2D eigenvalue weighted by Gasteiger charge is 2.34. The number of halogens is 3. The van der Waals surface area contributed by atoms with Crippen LogP contribution >= 0.6 is 34.5 Å². The lowest BCUT2D eigenvalue weighted by molar-refractivity contribution is -0.140. The third-order valence-electron chi connectivity index (χ3n) is 5.24. The van der Waals surface area contributed by atoms with Crippen LogP contribution in [0.3, 0.4) is 0 Å². The molecule has 0 saturated carbocycles. The van der Waals surface area contributed by atoms with E-state index < -0.39 is 23.4 Å². The first kappa shape index (κ1) is 24.3. The lowest BCUT2D eigenvalue weighted by Gasteiger charge is -2.25. The number of allylic oxidation sites excluding steroid dienone is 1. The van der Waals surface area contributed by atoms with Crippen molar-refractivity contribution >= 4 is 46.6 Å². The van der Waals surface area contributed by atoms with Crippen molar-refractivity contribution < 1.29 is 18.7 Å². The van der Waals surface area contributed by atoms with Crippen LogP contribution in [-0.2, 0) is 14.3 Å². The first-order chi connectivity index (χ1) is 16.3. The molecule has 2 aromatic carbocycles. The Morgan fingerprint density at radius 3 is 2.62 bits per heavy atom. The van der Waals surface area contributed by atoms with Crippen molar-refractivity contribution in [3.8, 4) is 0 Å². The molecule has 0 N–H and O–H groups in total. The van der Waals surface area contributed by atoms with Crippen LogP contribution in [0.4, 0.5) is 4.39 Å². The van der Waals surface area contributed by atoms with E-state index in [1.54, 1.807) is 37.3 Å². The number of fused-ring (bicyclic) bond motifs is 1. The van der Waals surface area contributed by atoms with Crippen LogP contribution in [0, 0.1) is 5.82 Å². The molecular formula is C24H19Cl2FN2O4S. The van der Waals surface area contributed by atoms with Crippen molar-refractivity contribution in [3.63, 3.8) is 0 Å². The maximum Gasteiger partial charge on any atom is 0.338 e. The first-order valence-electron chi connectivity index (χ1n) is 10.2. The summed E-state index contributed by atoms with van der Waals surface area (Å²) in [4.78, 5) is 31.4. The minimum atomic E-state index is -0.877. The monoisotopic (exact) mass is 520 g/mol. The molecule has 1 aliphatic heterocycles. The largest absolute Gasteiger partial charge is 0.460 e. The zero-order valence-corrected chi connectivity index (χ0v) is 20.5. The van der Waals surface area contributed by atoms with E-state index in [1.807, 2.05) is 0 Å². The number of benzene rings is 2. The molecule has 3 aromatic rings. The molecule has 34 heavy (non-hydrogen) atoms. The van der Waals surface area contributed by atoms with E-state index in [-0.39, 0.29) is 33.9 Å². The van der Waals surface area contributed by atoms with Crippen LogP contribution in [0.25, 0.3) is 6.08 Å². The van der Waals surface area contributed by atoms with Crippen molar-refractivity contribution in [3.05, 3.63) is 100 Å². The molecule has 0 radical (unpaired) electrons. The molecule has 6 nitrogen and oxygen atoms in total. The SMILES string of the molecule is COCCOC(=O)C1=C(C)N=c2s/c(=C\c3c(F)cccc3Cl)c(=O)n2[C@@H]1c1ccccc1Cl. The highest BCUT2D eigenvalue weighted by Crippen LogP contribution is 2.34. The Morgan fingerprint density at radius 1 is 1.18 bits per heavy atom. The first-order valence-corrected chi connectivity index (χ1v) is 11.8. The maximum atomic E-state index is 14.4. The van der Waals surface area contributed by atoms with Crippen molar-refractivity contribution in [2.45, 2.75) is 13.0 Å². The number of hydrogen-bond donors (Lipinski definition) is 0. The number of carbonyl (C=O) groups is 1. The van der Waals surface area contributed by atoms with E-state index >= 15 is 0 Å². The summed E-state index contributed by atoms with van der Waals surface area (Å²) in [5.74, 6) is -1.19. The number of nitrogens with zero attached hydrogens (tertiary/aromatic N) is 2. The highest BCUT2D eigenvalue weighted by molar-refractivity contribution is 7.07. The molecule has 0 unspecified atom stereocenters. The number of aromatic nitrogens is 1. The molecule has 0 fully saturated rings. The summed E-state index contributed by atoms with van der Waals surface area (Å²) >= 11 is 13.7. The standard InChI is InChI=1S/C24H19Cl2FN2O4S/c1-13-20(23(31)33-11-10-32-2)21(14-6-3-4-7-16(14)25)29-22(30)19(34-24(29)28-13)12-15-17(26)8-5-9-18(15)27/h3-9,12,21H,10-11H2,1-2H3/b19-12-/t21-/m1/s1. The molecule has 0 saturated heterocycles. The summed E-state index contributed by atoms with van der Waals surface area (Å²) in [6, 6.07) is 10.3. The van der Waals surface area contributed by atoms with Crippen molar-refractivity contribution in [2.24, 2.45) is 4.99 Å². The van der Waals surface area contributed by atoms with Gasteiger partial charge in [-0.25, -0.2) is 14.2 Å². The van der Waals surface area contributed by atoms with Gasteiger partial charge in [0, 0.05) is 17.7 Å². The average molecular weight is 521 g/mol. The van der Waals surface area contributed by atoms with Gasteiger partial charge >= 0.3 is 5.97 Å². The van der Waals surface area contributed by atoms with Gasteiger partial charge in [-0.3, -0.25) is 9.36 Å². The average Bonchev–Trinajstić information content (AvgIpc) is 3.10. The number of hydrogen-bond acceptors (Lipinski definition) is 6. The molecule has 0 amide bonds. The minimum Gasteiger partial charge on any atom is -0.460 e. The molecule has 0 aliphatic carbocycles. The number of ether oxygens (including phenoxy) is 2. The van der Waals surface area contributed by atoms with Gasteiger partial charge in [-0.05, 0) is 36.8 Å². The number of carbonyl (C=O) groups excluding carboxylic acids is 1. The zero-order valence-electron chi connectivity index (χ0n) is 18.2. The summed E-state index contributed by atoms with van der Waals surface area (Å²) < 4.78 is 26.3. The Balaban J connectivity index is 1.94. The lowest BCUT2D eigenvalue weighted by Crippen LogP contribution is -2.40. The van der Waals surface area contributed by atoms with Crippen molar-refractivity contribution in [2.75, 3.05) is 20.3 Å².